The van der Waals surface area contributed by atoms with Crippen LogP contribution in [0, 0.1) is 0 Å². The number of para-hydroxylation sites is 2. The SMILES string of the molecule is COc1ccccc1OCCN1C(=O)S/C(=C\c2ccc(OCC(N)=O)c(Cl)c2)C1=O. The smallest absolute Gasteiger partial charge is 0.293 e. The van der Waals surface area contributed by atoms with E-state index in [9.17, 15) is 14.4 Å². The highest BCUT2D eigenvalue weighted by Gasteiger charge is 2.34. The molecule has 10 heteroatoms. The van der Waals surface area contributed by atoms with Crippen LogP contribution in [-0.2, 0) is 9.59 Å². The summed E-state index contributed by atoms with van der Waals surface area (Å²) < 4.78 is 16.0. The number of carbonyl (C=O) groups excluding carboxylic acids is 3. The van der Waals surface area contributed by atoms with Crippen molar-refractivity contribution >= 4 is 46.5 Å². The predicted octanol–water partition coefficient (Wildman–Crippen LogP) is 3.33. The molecule has 162 valence electrons. The molecule has 0 spiro atoms. The first kappa shape index (κ1) is 22.5. The number of rotatable bonds is 9. The number of nitrogens with zero attached hydrogens (tertiary/aromatic N) is 1. The Hall–Kier alpha value is -3.17. The molecule has 0 bridgehead atoms. The van der Waals surface area contributed by atoms with Crippen molar-refractivity contribution in [1.29, 1.82) is 0 Å². The Morgan fingerprint density at radius 3 is 2.55 bits per heavy atom. The molecule has 2 aromatic carbocycles. The van der Waals surface area contributed by atoms with Crippen molar-refractivity contribution in [1.82, 2.24) is 4.90 Å². The molecule has 3 amide bonds. The van der Waals surface area contributed by atoms with Gasteiger partial charge in [0.25, 0.3) is 17.1 Å². The number of thioether (sulfide) groups is 1. The van der Waals surface area contributed by atoms with Crippen LogP contribution in [0.25, 0.3) is 6.08 Å². The Labute approximate surface area is 187 Å². The number of halogens is 1. The van der Waals surface area contributed by atoms with Crippen LogP contribution in [0.4, 0.5) is 4.79 Å². The minimum Gasteiger partial charge on any atom is -0.493 e. The van der Waals surface area contributed by atoms with Gasteiger partial charge in [-0.1, -0.05) is 29.8 Å². The van der Waals surface area contributed by atoms with Crippen LogP contribution in [0.3, 0.4) is 0 Å². The summed E-state index contributed by atoms with van der Waals surface area (Å²) in [6, 6.07) is 11.9. The lowest BCUT2D eigenvalue weighted by molar-refractivity contribution is -0.123. The Morgan fingerprint density at radius 1 is 1.13 bits per heavy atom. The Balaban J connectivity index is 1.63. The number of nitrogens with two attached hydrogens (primary N) is 1. The highest BCUT2D eigenvalue weighted by Crippen LogP contribution is 2.34. The van der Waals surface area contributed by atoms with E-state index in [4.69, 9.17) is 31.5 Å². The molecule has 1 aliphatic heterocycles. The minimum absolute atomic E-state index is 0.0979. The number of hydrogen-bond acceptors (Lipinski definition) is 7. The summed E-state index contributed by atoms with van der Waals surface area (Å²) in [7, 11) is 1.53. The number of amides is 3. The van der Waals surface area contributed by atoms with E-state index in [1.54, 1.807) is 42.5 Å². The normalized spacial score (nSPS) is 14.8. The van der Waals surface area contributed by atoms with Gasteiger partial charge >= 0.3 is 0 Å². The second kappa shape index (κ2) is 10.2. The first-order valence-electron chi connectivity index (χ1n) is 9.11. The molecule has 8 nitrogen and oxygen atoms in total. The lowest BCUT2D eigenvalue weighted by Crippen LogP contribution is -2.32. The van der Waals surface area contributed by atoms with Gasteiger partial charge in [0.05, 0.1) is 23.6 Å². The van der Waals surface area contributed by atoms with Crippen molar-refractivity contribution in [3.8, 4) is 17.2 Å². The van der Waals surface area contributed by atoms with E-state index in [1.807, 2.05) is 6.07 Å². The van der Waals surface area contributed by atoms with Crippen molar-refractivity contribution in [2.45, 2.75) is 0 Å². The van der Waals surface area contributed by atoms with Gasteiger partial charge in [-0.05, 0) is 47.7 Å². The number of imide groups is 1. The number of methoxy groups -OCH3 is 1. The molecule has 3 rings (SSSR count). The molecule has 1 aliphatic rings. The maximum atomic E-state index is 12.6. The lowest BCUT2D eigenvalue weighted by atomic mass is 10.2. The largest absolute Gasteiger partial charge is 0.493 e. The molecule has 0 saturated carbocycles. The topological polar surface area (TPSA) is 108 Å². The van der Waals surface area contributed by atoms with Crippen LogP contribution < -0.4 is 19.9 Å². The van der Waals surface area contributed by atoms with Crippen molar-refractivity contribution in [3.63, 3.8) is 0 Å². The van der Waals surface area contributed by atoms with E-state index in [2.05, 4.69) is 0 Å². The van der Waals surface area contributed by atoms with Crippen molar-refractivity contribution in [2.24, 2.45) is 5.73 Å². The summed E-state index contributed by atoms with van der Waals surface area (Å²) >= 11 is 6.98. The zero-order valence-electron chi connectivity index (χ0n) is 16.5. The third-order valence-electron chi connectivity index (χ3n) is 4.14. The van der Waals surface area contributed by atoms with Gasteiger partial charge in [-0.25, -0.2) is 0 Å². The summed E-state index contributed by atoms with van der Waals surface area (Å²) in [5.41, 5.74) is 5.65. The summed E-state index contributed by atoms with van der Waals surface area (Å²) in [4.78, 5) is 37.1. The second-order valence-electron chi connectivity index (χ2n) is 6.28. The molecule has 31 heavy (non-hydrogen) atoms. The molecule has 1 saturated heterocycles. The van der Waals surface area contributed by atoms with Gasteiger partial charge in [0, 0.05) is 0 Å². The van der Waals surface area contributed by atoms with E-state index >= 15 is 0 Å². The zero-order valence-corrected chi connectivity index (χ0v) is 18.1. The average Bonchev–Trinajstić information content (AvgIpc) is 3.00. The molecule has 1 fully saturated rings. The van der Waals surface area contributed by atoms with Crippen LogP contribution in [0.2, 0.25) is 5.02 Å². The van der Waals surface area contributed by atoms with Gasteiger partial charge in [-0.15, -0.1) is 0 Å². The molecule has 2 aromatic rings. The molecule has 0 aromatic heterocycles. The standard InChI is InChI=1S/C21H19ClN2O6S/c1-28-16-4-2-3-5-17(16)29-9-8-24-20(26)18(31-21(24)27)11-13-6-7-15(14(22)10-13)30-12-19(23)25/h2-7,10-11H,8-9,12H2,1H3,(H2,23,25)/b18-11-. The van der Waals surface area contributed by atoms with Gasteiger partial charge in [-0.2, -0.15) is 0 Å². The van der Waals surface area contributed by atoms with Crippen LogP contribution >= 0.6 is 23.4 Å². The number of benzene rings is 2. The minimum atomic E-state index is -0.622. The van der Waals surface area contributed by atoms with Crippen LogP contribution in [0.1, 0.15) is 5.56 Å². The summed E-state index contributed by atoms with van der Waals surface area (Å²) in [5, 5.41) is -0.133. The van der Waals surface area contributed by atoms with Gasteiger partial charge in [0.1, 0.15) is 12.4 Å². The van der Waals surface area contributed by atoms with E-state index in [1.165, 1.54) is 7.11 Å². The van der Waals surface area contributed by atoms with Gasteiger partial charge in [-0.3, -0.25) is 19.3 Å². The van der Waals surface area contributed by atoms with Gasteiger partial charge in [0.15, 0.2) is 18.1 Å². The second-order valence-corrected chi connectivity index (χ2v) is 7.68. The number of hydrogen-bond donors (Lipinski definition) is 1. The van der Waals surface area contributed by atoms with Gasteiger partial charge in [0.2, 0.25) is 0 Å². The Kier molecular flexibility index (Phi) is 7.43. The van der Waals surface area contributed by atoms with Crippen molar-refractivity contribution in [2.75, 3.05) is 26.9 Å². The number of carbonyl (C=O) groups is 3. The fraction of sp³-hybridized carbons (Fsp3) is 0.190. The monoisotopic (exact) mass is 462 g/mol. The molecule has 2 N–H and O–H groups in total. The van der Waals surface area contributed by atoms with Crippen molar-refractivity contribution < 1.29 is 28.6 Å². The maximum absolute atomic E-state index is 12.6. The highest BCUT2D eigenvalue weighted by atomic mass is 35.5. The predicted molar refractivity (Wildman–Crippen MR) is 117 cm³/mol. The van der Waals surface area contributed by atoms with E-state index < -0.39 is 11.8 Å². The van der Waals surface area contributed by atoms with E-state index in [-0.39, 0.29) is 34.9 Å². The third kappa shape index (κ3) is 5.71. The fourth-order valence-electron chi connectivity index (χ4n) is 2.70. The van der Waals surface area contributed by atoms with E-state index in [0.717, 1.165) is 16.7 Å². The molecular weight excluding hydrogens is 444 g/mol. The first-order valence-corrected chi connectivity index (χ1v) is 10.3. The van der Waals surface area contributed by atoms with Crippen LogP contribution in [-0.4, -0.2) is 48.8 Å². The molecule has 0 aliphatic carbocycles. The summed E-state index contributed by atoms with van der Waals surface area (Å²) in [5.74, 6) is 0.351. The number of primary amides is 1. The summed E-state index contributed by atoms with van der Waals surface area (Å²) in [6.45, 7) is -0.0704. The number of ether oxygens (including phenoxy) is 3. The van der Waals surface area contributed by atoms with Crippen molar-refractivity contribution in [3.05, 3.63) is 58.0 Å². The zero-order chi connectivity index (χ0) is 22.4. The fourth-order valence-corrected chi connectivity index (χ4v) is 3.81. The average molecular weight is 463 g/mol. The molecule has 0 radical (unpaired) electrons. The van der Waals surface area contributed by atoms with Gasteiger partial charge < -0.3 is 19.9 Å². The Morgan fingerprint density at radius 2 is 1.87 bits per heavy atom. The molecular formula is C21H19ClN2O6S. The Bertz CT molecular complexity index is 1040. The highest BCUT2D eigenvalue weighted by molar-refractivity contribution is 8.18. The molecule has 0 unspecified atom stereocenters. The summed E-state index contributed by atoms with van der Waals surface area (Å²) in [6.07, 6.45) is 1.57. The molecule has 1 heterocycles. The maximum Gasteiger partial charge on any atom is 0.293 e. The quantitative estimate of drug-likeness (QED) is 0.569. The third-order valence-corrected chi connectivity index (χ3v) is 5.34. The molecule has 0 atom stereocenters. The van der Waals surface area contributed by atoms with Crippen LogP contribution in [0.5, 0.6) is 17.2 Å². The van der Waals surface area contributed by atoms with Crippen LogP contribution in [0.15, 0.2) is 47.4 Å². The lowest BCUT2D eigenvalue weighted by Gasteiger charge is -2.14. The first-order chi connectivity index (χ1) is 14.9. The van der Waals surface area contributed by atoms with E-state index in [0.29, 0.717) is 22.8 Å².